The maximum Gasteiger partial charge on any atom is 0.315 e. The van der Waals surface area contributed by atoms with Crippen LogP contribution in [0.4, 0.5) is 4.79 Å². The number of ketones is 1. The Morgan fingerprint density at radius 1 is 1.39 bits per heavy atom. The third-order valence-corrected chi connectivity index (χ3v) is 6.22. The van der Waals surface area contributed by atoms with Crippen molar-refractivity contribution in [2.75, 3.05) is 5.75 Å². The number of rotatable bonds is 5. The number of urea groups is 1. The summed E-state index contributed by atoms with van der Waals surface area (Å²) in [5, 5.41) is 6.58. The first kappa shape index (κ1) is 13.7. The summed E-state index contributed by atoms with van der Waals surface area (Å²) in [6, 6.07) is -0.0472. The van der Waals surface area contributed by atoms with Crippen LogP contribution in [-0.2, 0) is 4.79 Å². The monoisotopic (exact) mass is 270 g/mol. The standard InChI is InChI=1S/C13H22N2O2S/c1-9(16)6-4-5-7-10-13(3)12(2,8-18-10)14-11(17)15-13/h10H,4-8H2,1-3H3,(H2,14,15,17)/t10-,12-,13+/m0/s1. The minimum Gasteiger partial charge on any atom is -0.330 e. The molecule has 0 spiro atoms. The minimum atomic E-state index is -0.162. The molecule has 0 saturated carbocycles. The second-order valence-electron chi connectivity index (χ2n) is 5.86. The second-order valence-corrected chi connectivity index (χ2v) is 7.05. The number of thioether (sulfide) groups is 1. The molecule has 5 heteroatoms. The number of nitrogens with one attached hydrogen (secondary N) is 2. The molecule has 0 aromatic heterocycles. The highest BCUT2D eigenvalue weighted by Crippen LogP contribution is 2.47. The Hall–Kier alpha value is -0.710. The van der Waals surface area contributed by atoms with Gasteiger partial charge in [0.25, 0.3) is 0 Å². The SMILES string of the molecule is CC(=O)CCCC[C@@H]1SC[C@]2(C)NC(=O)N[C@]12C. The van der Waals surface area contributed by atoms with Gasteiger partial charge in [-0.05, 0) is 33.6 Å². The number of Topliss-reactive ketones (excluding diaryl/α,β-unsaturated/α-hetero) is 1. The summed E-state index contributed by atoms with van der Waals surface area (Å²) in [5.41, 5.74) is -0.301. The first-order chi connectivity index (χ1) is 8.37. The molecular formula is C13H22N2O2S. The summed E-state index contributed by atoms with van der Waals surface area (Å²) in [4.78, 5) is 22.5. The van der Waals surface area contributed by atoms with E-state index in [0.717, 1.165) is 25.0 Å². The number of amides is 2. The molecule has 2 N–H and O–H groups in total. The van der Waals surface area contributed by atoms with E-state index in [0.29, 0.717) is 11.7 Å². The normalized spacial score (nSPS) is 38.2. The fraction of sp³-hybridized carbons (Fsp3) is 0.846. The maximum atomic E-state index is 11.6. The lowest BCUT2D eigenvalue weighted by Gasteiger charge is -2.35. The van der Waals surface area contributed by atoms with Crippen molar-refractivity contribution in [1.29, 1.82) is 0 Å². The maximum absolute atomic E-state index is 11.6. The first-order valence-electron chi connectivity index (χ1n) is 6.59. The van der Waals surface area contributed by atoms with Gasteiger partial charge in [0, 0.05) is 17.4 Å². The molecule has 3 atom stereocenters. The molecule has 2 aliphatic heterocycles. The molecule has 2 heterocycles. The van der Waals surface area contributed by atoms with Crippen molar-refractivity contribution in [3.8, 4) is 0 Å². The van der Waals surface area contributed by atoms with Crippen LogP contribution in [0.1, 0.15) is 46.5 Å². The van der Waals surface area contributed by atoms with E-state index in [-0.39, 0.29) is 22.9 Å². The summed E-state index contributed by atoms with van der Waals surface area (Å²) >= 11 is 1.93. The minimum absolute atomic E-state index is 0.0472. The topological polar surface area (TPSA) is 58.2 Å². The van der Waals surface area contributed by atoms with E-state index in [1.54, 1.807) is 6.92 Å². The van der Waals surface area contributed by atoms with Crippen LogP contribution in [0.25, 0.3) is 0 Å². The highest BCUT2D eigenvalue weighted by atomic mass is 32.2. The summed E-state index contributed by atoms with van der Waals surface area (Å²) in [7, 11) is 0. The van der Waals surface area contributed by atoms with Gasteiger partial charge in [0.05, 0.1) is 11.1 Å². The number of carbonyl (C=O) groups excluding carboxylic acids is 2. The van der Waals surface area contributed by atoms with Crippen LogP contribution in [0.5, 0.6) is 0 Å². The number of unbranched alkanes of at least 4 members (excludes halogenated alkanes) is 1. The van der Waals surface area contributed by atoms with E-state index in [1.807, 2.05) is 11.8 Å². The third-order valence-electron chi connectivity index (χ3n) is 4.37. The van der Waals surface area contributed by atoms with E-state index >= 15 is 0 Å². The Morgan fingerprint density at radius 2 is 2.11 bits per heavy atom. The molecule has 2 saturated heterocycles. The van der Waals surface area contributed by atoms with Crippen molar-refractivity contribution < 1.29 is 9.59 Å². The van der Waals surface area contributed by atoms with Gasteiger partial charge in [0.15, 0.2) is 0 Å². The molecule has 4 nitrogen and oxygen atoms in total. The van der Waals surface area contributed by atoms with Crippen molar-refractivity contribution in [2.45, 2.75) is 62.8 Å². The molecule has 102 valence electrons. The van der Waals surface area contributed by atoms with Crippen molar-refractivity contribution in [2.24, 2.45) is 0 Å². The second kappa shape index (κ2) is 4.76. The van der Waals surface area contributed by atoms with Crippen LogP contribution in [-0.4, -0.2) is 33.9 Å². The molecule has 0 bridgehead atoms. The largest absolute Gasteiger partial charge is 0.330 e. The van der Waals surface area contributed by atoms with E-state index in [4.69, 9.17) is 0 Å². The molecule has 2 amide bonds. The highest BCUT2D eigenvalue weighted by molar-refractivity contribution is 8.00. The Kier molecular flexibility index (Phi) is 3.63. The molecule has 2 rings (SSSR count). The zero-order chi connectivity index (χ0) is 13.4. The van der Waals surface area contributed by atoms with E-state index < -0.39 is 0 Å². The lowest BCUT2D eigenvalue weighted by atomic mass is 9.79. The summed E-state index contributed by atoms with van der Waals surface area (Å²) in [6.07, 6.45) is 3.75. The lowest BCUT2D eigenvalue weighted by Crippen LogP contribution is -2.58. The predicted molar refractivity (Wildman–Crippen MR) is 73.9 cm³/mol. The van der Waals surface area contributed by atoms with Gasteiger partial charge < -0.3 is 15.4 Å². The zero-order valence-electron chi connectivity index (χ0n) is 11.3. The van der Waals surface area contributed by atoms with Crippen LogP contribution < -0.4 is 10.6 Å². The van der Waals surface area contributed by atoms with Crippen LogP contribution in [0.15, 0.2) is 0 Å². The van der Waals surface area contributed by atoms with Crippen LogP contribution in [0.3, 0.4) is 0 Å². The van der Waals surface area contributed by atoms with E-state index in [1.165, 1.54) is 0 Å². The summed E-state index contributed by atoms with van der Waals surface area (Å²) in [5.74, 6) is 1.22. The molecule has 0 radical (unpaired) electrons. The molecule has 0 aliphatic carbocycles. The Bertz CT molecular complexity index is 374. The van der Waals surface area contributed by atoms with Crippen LogP contribution in [0.2, 0.25) is 0 Å². The van der Waals surface area contributed by atoms with Gasteiger partial charge in [-0.1, -0.05) is 6.42 Å². The number of hydrogen-bond acceptors (Lipinski definition) is 3. The molecule has 18 heavy (non-hydrogen) atoms. The molecule has 2 aliphatic rings. The van der Waals surface area contributed by atoms with Crippen molar-refractivity contribution in [3.05, 3.63) is 0 Å². The van der Waals surface area contributed by atoms with E-state index in [2.05, 4.69) is 24.5 Å². The number of fused-ring (bicyclic) bond motifs is 1. The Balaban J connectivity index is 1.91. The van der Waals surface area contributed by atoms with Gasteiger partial charge in [-0.2, -0.15) is 11.8 Å². The Morgan fingerprint density at radius 3 is 2.78 bits per heavy atom. The van der Waals surface area contributed by atoms with Crippen LogP contribution >= 0.6 is 11.8 Å². The molecule has 0 unspecified atom stereocenters. The number of hydrogen-bond donors (Lipinski definition) is 2. The zero-order valence-corrected chi connectivity index (χ0v) is 12.2. The fourth-order valence-electron chi connectivity index (χ4n) is 2.92. The summed E-state index contributed by atoms with van der Waals surface area (Å²) < 4.78 is 0. The van der Waals surface area contributed by atoms with Crippen molar-refractivity contribution in [1.82, 2.24) is 10.6 Å². The molecule has 2 fully saturated rings. The lowest BCUT2D eigenvalue weighted by molar-refractivity contribution is -0.117. The summed E-state index contributed by atoms with van der Waals surface area (Å²) in [6.45, 7) is 5.90. The molecule has 0 aromatic carbocycles. The van der Waals surface area contributed by atoms with Gasteiger partial charge in [-0.3, -0.25) is 0 Å². The van der Waals surface area contributed by atoms with E-state index in [9.17, 15) is 9.59 Å². The Labute approximate surface area is 113 Å². The van der Waals surface area contributed by atoms with Gasteiger partial charge >= 0.3 is 6.03 Å². The van der Waals surface area contributed by atoms with Gasteiger partial charge in [0.2, 0.25) is 0 Å². The fourth-order valence-corrected chi connectivity index (χ4v) is 4.81. The van der Waals surface area contributed by atoms with Gasteiger partial charge in [0.1, 0.15) is 5.78 Å². The van der Waals surface area contributed by atoms with Gasteiger partial charge in [-0.25, -0.2) is 4.79 Å². The van der Waals surface area contributed by atoms with Crippen molar-refractivity contribution in [3.63, 3.8) is 0 Å². The van der Waals surface area contributed by atoms with Crippen LogP contribution in [0, 0.1) is 0 Å². The van der Waals surface area contributed by atoms with Gasteiger partial charge in [-0.15, -0.1) is 0 Å². The third kappa shape index (κ3) is 2.25. The molecular weight excluding hydrogens is 248 g/mol. The van der Waals surface area contributed by atoms with Crippen molar-refractivity contribution >= 4 is 23.6 Å². The average Bonchev–Trinajstić information content (AvgIpc) is 2.60. The average molecular weight is 270 g/mol. The highest BCUT2D eigenvalue weighted by Gasteiger charge is 2.60. The smallest absolute Gasteiger partial charge is 0.315 e. The molecule has 0 aromatic rings. The predicted octanol–water partition coefficient (Wildman–Crippen LogP) is 2.08. The quantitative estimate of drug-likeness (QED) is 0.594. The first-order valence-corrected chi connectivity index (χ1v) is 7.64. The number of carbonyl (C=O) groups is 2.